The Morgan fingerprint density at radius 3 is 2.73 bits per heavy atom. The number of halogens is 2. The highest BCUT2D eigenvalue weighted by Crippen LogP contribution is 2.41. The molecule has 5 nitrogen and oxygen atoms in total. The van der Waals surface area contributed by atoms with E-state index in [1.807, 2.05) is 0 Å². The van der Waals surface area contributed by atoms with Crippen LogP contribution in [0.3, 0.4) is 0 Å². The summed E-state index contributed by atoms with van der Waals surface area (Å²) >= 11 is 0. The zero-order valence-corrected chi connectivity index (χ0v) is 12.3. The number of rotatable bonds is 5. The summed E-state index contributed by atoms with van der Waals surface area (Å²) in [6.07, 6.45) is 4.13. The van der Waals surface area contributed by atoms with Gasteiger partial charge < -0.3 is 14.9 Å². The first kappa shape index (κ1) is 15.4. The Morgan fingerprint density at radius 2 is 2.09 bits per heavy atom. The summed E-state index contributed by atoms with van der Waals surface area (Å²) in [5.74, 6) is -3.12. The van der Waals surface area contributed by atoms with E-state index in [1.54, 1.807) is 0 Å². The van der Waals surface area contributed by atoms with Crippen molar-refractivity contribution >= 4 is 5.91 Å². The van der Waals surface area contributed by atoms with Gasteiger partial charge in [-0.25, -0.2) is 8.78 Å². The standard InChI is InChI=1S/C15H20F2N2O3/c16-15(17,14(21)6-2-1-3-7-14)9-18-13(20)11-8-12(22-19-11)10-4-5-10/h8,10,21H,1-7,9H2,(H,18,20). The summed E-state index contributed by atoms with van der Waals surface area (Å²) < 4.78 is 33.4. The molecule has 2 fully saturated rings. The lowest BCUT2D eigenvalue weighted by Gasteiger charge is -2.38. The highest BCUT2D eigenvalue weighted by atomic mass is 19.3. The second-order valence-electron chi connectivity index (χ2n) is 6.37. The van der Waals surface area contributed by atoms with E-state index in [-0.39, 0.29) is 18.5 Å². The lowest BCUT2D eigenvalue weighted by Crippen LogP contribution is -2.55. The fraction of sp³-hybridized carbons (Fsp3) is 0.733. The highest BCUT2D eigenvalue weighted by Gasteiger charge is 2.52. The Labute approximate surface area is 127 Å². The monoisotopic (exact) mass is 314 g/mol. The van der Waals surface area contributed by atoms with E-state index in [4.69, 9.17) is 4.52 Å². The predicted molar refractivity (Wildman–Crippen MR) is 73.8 cm³/mol. The Balaban J connectivity index is 1.58. The number of alkyl halides is 2. The maximum atomic E-state index is 14.2. The molecule has 122 valence electrons. The molecule has 2 N–H and O–H groups in total. The molecule has 0 unspecified atom stereocenters. The minimum atomic E-state index is -3.36. The maximum Gasteiger partial charge on any atom is 0.293 e. The first-order chi connectivity index (χ1) is 10.4. The molecule has 1 heterocycles. The van der Waals surface area contributed by atoms with Crippen LogP contribution >= 0.6 is 0 Å². The van der Waals surface area contributed by atoms with Gasteiger partial charge in [0.25, 0.3) is 11.8 Å². The van der Waals surface area contributed by atoms with Gasteiger partial charge in [-0.1, -0.05) is 24.4 Å². The van der Waals surface area contributed by atoms with E-state index in [1.165, 1.54) is 6.07 Å². The molecule has 1 aromatic rings. The molecule has 3 rings (SSSR count). The summed E-state index contributed by atoms with van der Waals surface area (Å²) in [6.45, 7) is -0.895. The van der Waals surface area contributed by atoms with Gasteiger partial charge in [-0.05, 0) is 25.7 Å². The van der Waals surface area contributed by atoms with Crippen LogP contribution in [0.15, 0.2) is 10.6 Å². The number of aromatic nitrogens is 1. The first-order valence-electron chi connectivity index (χ1n) is 7.76. The first-order valence-corrected chi connectivity index (χ1v) is 7.76. The molecule has 0 bridgehead atoms. The lowest BCUT2D eigenvalue weighted by molar-refractivity contribution is -0.191. The quantitative estimate of drug-likeness (QED) is 0.876. The minimum Gasteiger partial charge on any atom is -0.384 e. The molecular weight excluding hydrogens is 294 g/mol. The van der Waals surface area contributed by atoms with E-state index in [2.05, 4.69) is 10.5 Å². The van der Waals surface area contributed by atoms with Gasteiger partial charge in [-0.3, -0.25) is 4.79 Å². The third kappa shape index (κ3) is 2.99. The summed E-state index contributed by atoms with van der Waals surface area (Å²) in [5.41, 5.74) is -2.02. The van der Waals surface area contributed by atoms with Crippen molar-refractivity contribution < 1.29 is 23.2 Å². The van der Waals surface area contributed by atoms with Crippen molar-refractivity contribution in [2.75, 3.05) is 6.54 Å². The Kier molecular flexibility index (Phi) is 3.92. The summed E-state index contributed by atoms with van der Waals surface area (Å²) in [7, 11) is 0. The number of hydrogen-bond acceptors (Lipinski definition) is 4. The zero-order chi connectivity index (χ0) is 15.8. The molecule has 0 aliphatic heterocycles. The second-order valence-corrected chi connectivity index (χ2v) is 6.37. The number of hydrogen-bond donors (Lipinski definition) is 2. The van der Waals surface area contributed by atoms with Crippen LogP contribution in [0.2, 0.25) is 0 Å². The molecule has 0 aromatic carbocycles. The number of nitrogens with zero attached hydrogens (tertiary/aromatic N) is 1. The number of aliphatic hydroxyl groups is 1. The smallest absolute Gasteiger partial charge is 0.293 e. The van der Waals surface area contributed by atoms with Crippen molar-refractivity contribution in [2.45, 2.75) is 62.4 Å². The van der Waals surface area contributed by atoms with Gasteiger partial charge in [0.15, 0.2) is 5.69 Å². The third-order valence-electron chi connectivity index (χ3n) is 4.57. The van der Waals surface area contributed by atoms with Gasteiger partial charge in [0.05, 0.1) is 6.54 Å². The second kappa shape index (κ2) is 5.61. The molecule has 2 aliphatic rings. The van der Waals surface area contributed by atoms with E-state index < -0.39 is 24.0 Å². The number of nitrogens with one attached hydrogen (secondary N) is 1. The molecule has 0 saturated heterocycles. The predicted octanol–water partition coefficient (Wildman–Crippen LogP) is 2.61. The number of carbonyl (C=O) groups excluding carboxylic acids is 1. The van der Waals surface area contributed by atoms with Gasteiger partial charge in [0.1, 0.15) is 11.4 Å². The zero-order valence-electron chi connectivity index (χ0n) is 12.3. The average molecular weight is 314 g/mol. The largest absolute Gasteiger partial charge is 0.384 e. The van der Waals surface area contributed by atoms with Crippen LogP contribution in [-0.2, 0) is 0 Å². The van der Waals surface area contributed by atoms with Crippen LogP contribution in [0.5, 0.6) is 0 Å². The van der Waals surface area contributed by atoms with Crippen LogP contribution in [0.25, 0.3) is 0 Å². The van der Waals surface area contributed by atoms with Crippen LogP contribution in [0.1, 0.15) is 67.1 Å². The summed E-state index contributed by atoms with van der Waals surface area (Å²) in [6, 6.07) is 1.50. The van der Waals surface area contributed by atoms with Crippen molar-refractivity contribution in [3.63, 3.8) is 0 Å². The Bertz CT molecular complexity index is 549. The topological polar surface area (TPSA) is 75.4 Å². The summed E-state index contributed by atoms with van der Waals surface area (Å²) in [4.78, 5) is 11.9. The fourth-order valence-electron chi connectivity index (χ4n) is 2.91. The molecule has 0 atom stereocenters. The Hall–Kier alpha value is -1.50. The van der Waals surface area contributed by atoms with Gasteiger partial charge in [0.2, 0.25) is 0 Å². The van der Waals surface area contributed by atoms with Crippen molar-refractivity contribution in [3.8, 4) is 0 Å². The SMILES string of the molecule is O=C(NCC(F)(F)C1(O)CCCCC1)c1cc(C2CC2)on1. The van der Waals surface area contributed by atoms with Gasteiger partial charge in [0, 0.05) is 12.0 Å². The number of carbonyl (C=O) groups is 1. The van der Waals surface area contributed by atoms with Crippen LogP contribution in [0.4, 0.5) is 8.78 Å². The molecule has 2 aliphatic carbocycles. The van der Waals surface area contributed by atoms with E-state index in [0.29, 0.717) is 24.5 Å². The maximum absolute atomic E-state index is 14.2. The molecular formula is C15H20F2N2O3. The van der Waals surface area contributed by atoms with Gasteiger partial charge in [-0.15, -0.1) is 0 Å². The van der Waals surface area contributed by atoms with Crippen LogP contribution in [-0.4, -0.2) is 34.2 Å². The van der Waals surface area contributed by atoms with Crippen molar-refractivity contribution in [1.82, 2.24) is 10.5 Å². The molecule has 1 aromatic heterocycles. The highest BCUT2D eigenvalue weighted by molar-refractivity contribution is 5.92. The van der Waals surface area contributed by atoms with Crippen LogP contribution < -0.4 is 5.32 Å². The third-order valence-corrected chi connectivity index (χ3v) is 4.57. The molecule has 7 heteroatoms. The number of amides is 1. The Morgan fingerprint density at radius 1 is 1.41 bits per heavy atom. The van der Waals surface area contributed by atoms with Crippen molar-refractivity contribution in [1.29, 1.82) is 0 Å². The molecule has 2 saturated carbocycles. The molecule has 1 amide bonds. The van der Waals surface area contributed by atoms with E-state index in [0.717, 1.165) is 19.3 Å². The minimum absolute atomic E-state index is 0.00772. The molecule has 0 radical (unpaired) electrons. The van der Waals surface area contributed by atoms with Crippen LogP contribution in [0, 0.1) is 0 Å². The van der Waals surface area contributed by atoms with Gasteiger partial charge >= 0.3 is 0 Å². The van der Waals surface area contributed by atoms with Crippen molar-refractivity contribution in [2.24, 2.45) is 0 Å². The normalized spacial score (nSPS) is 21.6. The average Bonchev–Trinajstić information content (AvgIpc) is 3.23. The van der Waals surface area contributed by atoms with Crippen molar-refractivity contribution in [3.05, 3.63) is 17.5 Å². The van der Waals surface area contributed by atoms with E-state index in [9.17, 15) is 18.7 Å². The fourth-order valence-corrected chi connectivity index (χ4v) is 2.91. The molecule has 22 heavy (non-hydrogen) atoms. The summed E-state index contributed by atoms with van der Waals surface area (Å²) in [5, 5.41) is 15.9. The van der Waals surface area contributed by atoms with Gasteiger partial charge in [-0.2, -0.15) is 0 Å². The lowest BCUT2D eigenvalue weighted by atomic mass is 9.80. The molecule has 0 spiro atoms. The van der Waals surface area contributed by atoms with E-state index >= 15 is 0 Å².